The van der Waals surface area contributed by atoms with E-state index in [0.29, 0.717) is 0 Å². The van der Waals surface area contributed by atoms with Gasteiger partial charge >= 0.3 is 0 Å². The van der Waals surface area contributed by atoms with Crippen LogP contribution in [0.2, 0.25) is 5.02 Å². The van der Waals surface area contributed by atoms with Gasteiger partial charge in [0, 0.05) is 24.0 Å². The molecule has 0 bridgehead atoms. The molecule has 0 radical (unpaired) electrons. The van der Waals surface area contributed by atoms with Gasteiger partial charge in [-0.2, -0.15) is 0 Å². The Morgan fingerprint density at radius 3 is 3.05 bits per heavy atom. The van der Waals surface area contributed by atoms with E-state index in [1.807, 2.05) is 37.1 Å². The molecule has 1 aliphatic heterocycles. The van der Waals surface area contributed by atoms with Crippen molar-refractivity contribution in [3.8, 4) is 0 Å². The number of nitrogens with one attached hydrogen (secondary N) is 1. The first-order valence-electron chi connectivity index (χ1n) is 6.84. The van der Waals surface area contributed by atoms with Gasteiger partial charge < -0.3 is 10.2 Å². The molecule has 2 unspecified atom stereocenters. The predicted molar refractivity (Wildman–Crippen MR) is 78.2 cm³/mol. The third kappa shape index (κ3) is 3.28. The smallest absolute Gasteiger partial charge is 0.227 e. The number of halogens is 1. The first kappa shape index (κ1) is 14.4. The van der Waals surface area contributed by atoms with Gasteiger partial charge in [0.15, 0.2) is 0 Å². The van der Waals surface area contributed by atoms with Gasteiger partial charge in [-0.1, -0.05) is 30.7 Å². The number of benzene rings is 1. The molecule has 19 heavy (non-hydrogen) atoms. The fourth-order valence-electron chi connectivity index (χ4n) is 2.77. The fraction of sp³-hybridized carbons (Fsp3) is 0.533. The molecule has 0 aliphatic carbocycles. The van der Waals surface area contributed by atoms with Crippen LogP contribution in [0.25, 0.3) is 0 Å². The number of likely N-dealkylation sites (tertiary alicyclic amines) is 1. The minimum atomic E-state index is 0.0183. The lowest BCUT2D eigenvalue weighted by molar-refractivity contribution is -0.135. The summed E-state index contributed by atoms with van der Waals surface area (Å²) in [7, 11) is 1.88. The molecule has 1 aromatic carbocycles. The standard InChI is InChI=1S/C15H21ClN2O/c1-11(10-17-2)15(19)18-8-4-7-14(18)12-5-3-6-13(16)9-12/h3,5-6,9,11,14,17H,4,7-8,10H2,1-2H3. The number of hydrogen-bond acceptors (Lipinski definition) is 2. The van der Waals surface area contributed by atoms with Crippen molar-refractivity contribution < 1.29 is 4.79 Å². The molecule has 0 saturated carbocycles. The summed E-state index contributed by atoms with van der Waals surface area (Å²) in [4.78, 5) is 14.5. The second-order valence-corrected chi connectivity index (χ2v) is 5.64. The Morgan fingerprint density at radius 2 is 2.37 bits per heavy atom. The minimum absolute atomic E-state index is 0.0183. The molecule has 3 nitrogen and oxygen atoms in total. The molecule has 4 heteroatoms. The predicted octanol–water partition coefficient (Wildman–Crippen LogP) is 2.86. The highest BCUT2D eigenvalue weighted by molar-refractivity contribution is 6.30. The molecule has 1 saturated heterocycles. The van der Waals surface area contributed by atoms with Gasteiger partial charge in [0.05, 0.1) is 6.04 Å². The van der Waals surface area contributed by atoms with Crippen molar-refractivity contribution in [2.45, 2.75) is 25.8 Å². The topological polar surface area (TPSA) is 32.3 Å². The molecule has 1 fully saturated rings. The molecule has 1 N–H and O–H groups in total. The van der Waals surface area contributed by atoms with Crippen LogP contribution in [0.5, 0.6) is 0 Å². The summed E-state index contributed by atoms with van der Waals surface area (Å²) in [6.07, 6.45) is 2.09. The van der Waals surface area contributed by atoms with Gasteiger partial charge in [0.25, 0.3) is 0 Å². The summed E-state index contributed by atoms with van der Waals surface area (Å²) in [6, 6.07) is 8.04. The summed E-state index contributed by atoms with van der Waals surface area (Å²) in [6.45, 7) is 3.55. The highest BCUT2D eigenvalue weighted by atomic mass is 35.5. The van der Waals surface area contributed by atoms with Crippen LogP contribution in [0.1, 0.15) is 31.4 Å². The molecule has 0 aromatic heterocycles. The van der Waals surface area contributed by atoms with Crippen LogP contribution in [-0.4, -0.2) is 30.9 Å². The van der Waals surface area contributed by atoms with Gasteiger partial charge in [-0.25, -0.2) is 0 Å². The van der Waals surface area contributed by atoms with E-state index in [2.05, 4.69) is 11.4 Å². The highest BCUT2D eigenvalue weighted by Gasteiger charge is 2.32. The lowest BCUT2D eigenvalue weighted by Crippen LogP contribution is -2.38. The second-order valence-electron chi connectivity index (χ2n) is 5.20. The van der Waals surface area contributed by atoms with Crippen LogP contribution in [0.3, 0.4) is 0 Å². The third-order valence-electron chi connectivity index (χ3n) is 3.70. The van der Waals surface area contributed by atoms with Gasteiger partial charge in [-0.15, -0.1) is 0 Å². The number of rotatable bonds is 4. The number of hydrogen-bond donors (Lipinski definition) is 1. The Kier molecular flexibility index (Phi) is 4.83. The highest BCUT2D eigenvalue weighted by Crippen LogP contribution is 2.33. The second kappa shape index (κ2) is 6.40. The Labute approximate surface area is 119 Å². The van der Waals surface area contributed by atoms with Crippen molar-refractivity contribution in [3.63, 3.8) is 0 Å². The van der Waals surface area contributed by atoms with E-state index in [0.717, 1.165) is 36.5 Å². The maximum absolute atomic E-state index is 12.5. The van der Waals surface area contributed by atoms with Crippen LogP contribution in [0.4, 0.5) is 0 Å². The fourth-order valence-corrected chi connectivity index (χ4v) is 2.97. The summed E-state index contributed by atoms with van der Waals surface area (Å²) in [5.41, 5.74) is 1.15. The molecule has 0 spiro atoms. The number of carbonyl (C=O) groups excluding carboxylic acids is 1. The average Bonchev–Trinajstić information content (AvgIpc) is 2.87. The van der Waals surface area contributed by atoms with E-state index in [1.165, 1.54) is 0 Å². The van der Waals surface area contributed by atoms with Crippen molar-refractivity contribution in [2.24, 2.45) is 5.92 Å². The van der Waals surface area contributed by atoms with E-state index in [1.54, 1.807) is 0 Å². The van der Waals surface area contributed by atoms with Crippen LogP contribution in [-0.2, 0) is 4.79 Å². The third-order valence-corrected chi connectivity index (χ3v) is 3.94. The molecule has 1 amide bonds. The van der Waals surface area contributed by atoms with E-state index in [-0.39, 0.29) is 17.9 Å². The zero-order chi connectivity index (χ0) is 13.8. The van der Waals surface area contributed by atoms with Crippen molar-refractivity contribution >= 4 is 17.5 Å². The molecule has 2 rings (SSSR count). The Balaban J connectivity index is 2.15. The van der Waals surface area contributed by atoms with Crippen LogP contribution in [0, 0.1) is 5.92 Å². The molecule has 1 aliphatic rings. The van der Waals surface area contributed by atoms with E-state index >= 15 is 0 Å². The van der Waals surface area contributed by atoms with Crippen molar-refractivity contribution in [2.75, 3.05) is 20.1 Å². The van der Waals surface area contributed by atoms with Gasteiger partial charge in [-0.3, -0.25) is 4.79 Å². The lowest BCUT2D eigenvalue weighted by atomic mass is 10.0. The normalized spacial score (nSPS) is 20.6. The maximum Gasteiger partial charge on any atom is 0.227 e. The number of nitrogens with zero attached hydrogens (tertiary/aromatic N) is 1. The largest absolute Gasteiger partial charge is 0.335 e. The van der Waals surface area contributed by atoms with Gasteiger partial charge in [0.2, 0.25) is 5.91 Å². The molecule has 1 aromatic rings. The molecule has 104 valence electrons. The number of amides is 1. The minimum Gasteiger partial charge on any atom is -0.335 e. The Morgan fingerprint density at radius 1 is 1.58 bits per heavy atom. The van der Waals surface area contributed by atoms with Crippen molar-refractivity contribution in [1.29, 1.82) is 0 Å². The SMILES string of the molecule is CNCC(C)C(=O)N1CCCC1c1cccc(Cl)c1. The summed E-state index contributed by atoms with van der Waals surface area (Å²) >= 11 is 6.05. The van der Waals surface area contributed by atoms with Crippen molar-refractivity contribution in [3.05, 3.63) is 34.9 Å². The first-order chi connectivity index (χ1) is 9.13. The lowest BCUT2D eigenvalue weighted by Gasteiger charge is -2.28. The number of carbonyl (C=O) groups is 1. The van der Waals surface area contributed by atoms with E-state index in [4.69, 9.17) is 11.6 Å². The zero-order valence-electron chi connectivity index (χ0n) is 11.5. The van der Waals surface area contributed by atoms with Crippen LogP contribution >= 0.6 is 11.6 Å². The summed E-state index contributed by atoms with van der Waals surface area (Å²) in [5.74, 6) is 0.251. The Bertz CT molecular complexity index is 450. The van der Waals surface area contributed by atoms with E-state index < -0.39 is 0 Å². The average molecular weight is 281 g/mol. The quantitative estimate of drug-likeness (QED) is 0.920. The van der Waals surface area contributed by atoms with Crippen LogP contribution < -0.4 is 5.32 Å². The van der Waals surface area contributed by atoms with E-state index in [9.17, 15) is 4.79 Å². The Hall–Kier alpha value is -1.06. The van der Waals surface area contributed by atoms with Crippen LogP contribution in [0.15, 0.2) is 24.3 Å². The first-order valence-corrected chi connectivity index (χ1v) is 7.22. The molecular formula is C15H21ClN2O. The van der Waals surface area contributed by atoms with Crippen molar-refractivity contribution in [1.82, 2.24) is 10.2 Å². The monoisotopic (exact) mass is 280 g/mol. The molecule has 2 atom stereocenters. The molecule has 1 heterocycles. The van der Waals surface area contributed by atoms with Gasteiger partial charge in [0.1, 0.15) is 0 Å². The maximum atomic E-state index is 12.5. The zero-order valence-corrected chi connectivity index (χ0v) is 12.3. The summed E-state index contributed by atoms with van der Waals surface area (Å²) in [5, 5.41) is 3.80. The summed E-state index contributed by atoms with van der Waals surface area (Å²) < 4.78 is 0. The van der Waals surface area contributed by atoms with Gasteiger partial charge in [-0.05, 0) is 37.6 Å². The molecular weight excluding hydrogens is 260 g/mol.